The Morgan fingerprint density at radius 3 is 2.52 bits per heavy atom. The molecule has 6 heteroatoms. The number of hydrogen-bond donors (Lipinski definition) is 0. The van der Waals surface area contributed by atoms with E-state index in [0.29, 0.717) is 10.5 Å². The molecule has 0 aromatic heterocycles. The highest BCUT2D eigenvalue weighted by Crippen LogP contribution is 2.26. The van der Waals surface area contributed by atoms with Gasteiger partial charge in [-0.25, -0.2) is 13.2 Å². The van der Waals surface area contributed by atoms with Crippen molar-refractivity contribution in [3.8, 4) is 0 Å². The minimum atomic E-state index is -0.942. The van der Waals surface area contributed by atoms with Gasteiger partial charge in [0.25, 0.3) is 0 Å². The van der Waals surface area contributed by atoms with Crippen LogP contribution >= 0.6 is 11.8 Å². The first-order chi connectivity index (χ1) is 10.9. The predicted octanol–water partition coefficient (Wildman–Crippen LogP) is 4.24. The van der Waals surface area contributed by atoms with Crippen molar-refractivity contribution in [1.82, 2.24) is 4.90 Å². The highest BCUT2D eigenvalue weighted by Gasteiger charge is 2.19. The molecular formula is C17H16F3NOS. The summed E-state index contributed by atoms with van der Waals surface area (Å²) in [4.78, 5) is 14.3. The summed E-state index contributed by atoms with van der Waals surface area (Å²) in [7, 11) is 1.62. The summed E-state index contributed by atoms with van der Waals surface area (Å²) in [5.41, 5.74) is 0.686. The number of benzene rings is 2. The van der Waals surface area contributed by atoms with Crippen LogP contribution in [0.1, 0.15) is 12.5 Å². The molecule has 2 aromatic rings. The van der Waals surface area contributed by atoms with E-state index in [1.807, 2.05) is 0 Å². The highest BCUT2D eigenvalue weighted by molar-refractivity contribution is 8.00. The van der Waals surface area contributed by atoms with Crippen LogP contribution in [-0.4, -0.2) is 23.1 Å². The summed E-state index contributed by atoms with van der Waals surface area (Å²) in [5.74, 6) is -2.39. The zero-order chi connectivity index (χ0) is 17.0. The first-order valence-corrected chi connectivity index (χ1v) is 7.86. The third-order valence-electron chi connectivity index (χ3n) is 3.24. The summed E-state index contributed by atoms with van der Waals surface area (Å²) in [5, 5.41) is -0.474. The fourth-order valence-corrected chi connectivity index (χ4v) is 3.11. The molecule has 0 radical (unpaired) electrons. The van der Waals surface area contributed by atoms with Crippen molar-refractivity contribution in [2.24, 2.45) is 0 Å². The Kier molecular flexibility index (Phi) is 5.71. The van der Waals surface area contributed by atoms with Crippen LogP contribution in [0.25, 0.3) is 0 Å². The molecule has 2 rings (SSSR count). The topological polar surface area (TPSA) is 20.3 Å². The maximum absolute atomic E-state index is 13.2. The molecule has 2 aromatic carbocycles. The molecule has 0 bridgehead atoms. The molecule has 122 valence electrons. The van der Waals surface area contributed by atoms with Crippen molar-refractivity contribution in [3.05, 3.63) is 65.5 Å². The van der Waals surface area contributed by atoms with Gasteiger partial charge in [-0.15, -0.1) is 11.8 Å². The minimum absolute atomic E-state index is 0.177. The van der Waals surface area contributed by atoms with Crippen molar-refractivity contribution in [1.29, 1.82) is 0 Å². The molecule has 1 unspecified atom stereocenters. The van der Waals surface area contributed by atoms with Crippen LogP contribution in [0, 0.1) is 17.5 Å². The quantitative estimate of drug-likeness (QED) is 0.759. The summed E-state index contributed by atoms with van der Waals surface area (Å²) in [6.07, 6.45) is 0. The number of thioether (sulfide) groups is 1. The fourth-order valence-electron chi connectivity index (χ4n) is 2.10. The number of carbonyl (C=O) groups excluding carboxylic acids is 1. The van der Waals surface area contributed by atoms with E-state index in [0.717, 1.165) is 23.9 Å². The van der Waals surface area contributed by atoms with E-state index in [4.69, 9.17) is 0 Å². The van der Waals surface area contributed by atoms with E-state index in [2.05, 4.69) is 0 Å². The van der Waals surface area contributed by atoms with E-state index < -0.39 is 16.9 Å². The average molecular weight is 339 g/mol. The first-order valence-electron chi connectivity index (χ1n) is 6.98. The van der Waals surface area contributed by atoms with E-state index >= 15 is 0 Å². The monoisotopic (exact) mass is 339 g/mol. The zero-order valence-electron chi connectivity index (χ0n) is 12.7. The Hall–Kier alpha value is -1.95. The van der Waals surface area contributed by atoms with Gasteiger partial charge >= 0.3 is 0 Å². The van der Waals surface area contributed by atoms with E-state index in [1.165, 1.54) is 23.1 Å². The molecule has 1 amide bonds. The second-order valence-electron chi connectivity index (χ2n) is 5.16. The SMILES string of the molecule is CC(Sc1ccc(F)c(F)c1)C(=O)N(C)Cc1cccc(F)c1. The molecule has 1 atom stereocenters. The van der Waals surface area contributed by atoms with E-state index in [1.54, 1.807) is 26.1 Å². The van der Waals surface area contributed by atoms with Crippen LogP contribution in [0.15, 0.2) is 47.4 Å². The fraction of sp³-hybridized carbons (Fsp3) is 0.235. The molecule has 0 heterocycles. The first kappa shape index (κ1) is 17.4. The summed E-state index contributed by atoms with van der Waals surface area (Å²) in [6, 6.07) is 9.56. The van der Waals surface area contributed by atoms with E-state index in [9.17, 15) is 18.0 Å². The number of nitrogens with zero attached hydrogens (tertiary/aromatic N) is 1. The number of rotatable bonds is 5. The molecule has 0 saturated carbocycles. The number of hydrogen-bond acceptors (Lipinski definition) is 2. The van der Waals surface area contributed by atoms with Crippen LogP contribution in [0.4, 0.5) is 13.2 Å². The lowest BCUT2D eigenvalue weighted by atomic mass is 10.2. The number of amides is 1. The lowest BCUT2D eigenvalue weighted by Gasteiger charge is -2.21. The summed E-state index contributed by atoms with van der Waals surface area (Å²) < 4.78 is 39.3. The maximum Gasteiger partial charge on any atom is 0.235 e. The smallest absolute Gasteiger partial charge is 0.235 e. The number of halogens is 3. The van der Waals surface area contributed by atoms with Crippen LogP contribution in [-0.2, 0) is 11.3 Å². The zero-order valence-corrected chi connectivity index (χ0v) is 13.5. The predicted molar refractivity (Wildman–Crippen MR) is 84.6 cm³/mol. The molecule has 0 spiro atoms. The average Bonchev–Trinajstić information content (AvgIpc) is 2.50. The van der Waals surface area contributed by atoms with Gasteiger partial charge in [-0.3, -0.25) is 4.79 Å². The van der Waals surface area contributed by atoms with Crippen LogP contribution in [0.2, 0.25) is 0 Å². The molecule has 0 saturated heterocycles. The molecule has 2 nitrogen and oxygen atoms in total. The third kappa shape index (κ3) is 4.76. The van der Waals surface area contributed by atoms with Gasteiger partial charge in [0, 0.05) is 18.5 Å². The standard InChI is InChI=1S/C17H16F3NOS/c1-11(23-14-6-7-15(19)16(20)9-14)17(22)21(2)10-12-4-3-5-13(18)8-12/h3-9,11H,10H2,1-2H3. The molecule has 0 aliphatic heterocycles. The van der Waals surface area contributed by atoms with Gasteiger partial charge < -0.3 is 4.90 Å². The number of carbonyl (C=O) groups is 1. The molecule has 23 heavy (non-hydrogen) atoms. The Balaban J connectivity index is 1.99. The van der Waals surface area contributed by atoms with Gasteiger partial charge in [-0.05, 0) is 42.8 Å². The Labute approximate surface area is 137 Å². The minimum Gasteiger partial charge on any atom is -0.340 e. The molecular weight excluding hydrogens is 323 g/mol. The van der Waals surface area contributed by atoms with Crippen LogP contribution in [0.5, 0.6) is 0 Å². The summed E-state index contributed by atoms with van der Waals surface area (Å²) in [6.45, 7) is 1.97. The van der Waals surface area contributed by atoms with Crippen molar-refractivity contribution in [2.45, 2.75) is 23.6 Å². The third-order valence-corrected chi connectivity index (χ3v) is 4.32. The summed E-state index contributed by atoms with van der Waals surface area (Å²) >= 11 is 1.14. The second-order valence-corrected chi connectivity index (χ2v) is 6.57. The van der Waals surface area contributed by atoms with Crippen molar-refractivity contribution in [2.75, 3.05) is 7.05 Å². The van der Waals surface area contributed by atoms with E-state index in [-0.39, 0.29) is 18.3 Å². The lowest BCUT2D eigenvalue weighted by Crippen LogP contribution is -2.32. The van der Waals surface area contributed by atoms with Crippen molar-refractivity contribution >= 4 is 17.7 Å². The van der Waals surface area contributed by atoms with Crippen molar-refractivity contribution in [3.63, 3.8) is 0 Å². The van der Waals surface area contributed by atoms with Gasteiger partial charge in [0.1, 0.15) is 5.82 Å². The van der Waals surface area contributed by atoms with Crippen LogP contribution in [0.3, 0.4) is 0 Å². The Morgan fingerprint density at radius 2 is 1.87 bits per heavy atom. The maximum atomic E-state index is 13.2. The largest absolute Gasteiger partial charge is 0.340 e. The highest BCUT2D eigenvalue weighted by atomic mass is 32.2. The normalized spacial score (nSPS) is 12.0. The van der Waals surface area contributed by atoms with Gasteiger partial charge in [-0.1, -0.05) is 12.1 Å². The Morgan fingerprint density at radius 1 is 1.13 bits per heavy atom. The van der Waals surface area contributed by atoms with Gasteiger partial charge in [-0.2, -0.15) is 0 Å². The molecule has 0 N–H and O–H groups in total. The second kappa shape index (κ2) is 7.55. The van der Waals surface area contributed by atoms with Gasteiger partial charge in [0.05, 0.1) is 5.25 Å². The molecule has 0 aliphatic rings. The van der Waals surface area contributed by atoms with Crippen molar-refractivity contribution < 1.29 is 18.0 Å². The Bertz CT molecular complexity index is 708. The molecule has 0 aliphatic carbocycles. The van der Waals surface area contributed by atoms with Crippen LogP contribution < -0.4 is 0 Å². The van der Waals surface area contributed by atoms with Gasteiger partial charge in [0.15, 0.2) is 11.6 Å². The van der Waals surface area contributed by atoms with Gasteiger partial charge in [0.2, 0.25) is 5.91 Å². The lowest BCUT2D eigenvalue weighted by molar-refractivity contribution is -0.129. The molecule has 0 fully saturated rings.